The molecule has 1 heterocycles. The van der Waals surface area contributed by atoms with E-state index in [1.165, 1.54) is 13.3 Å². The smallest absolute Gasteiger partial charge is 0.329 e. The van der Waals surface area contributed by atoms with Crippen LogP contribution in [-0.4, -0.2) is 42.9 Å². The molecule has 0 spiro atoms. The number of ether oxygens (including phenoxy) is 2. The number of rotatable bonds is 7. The summed E-state index contributed by atoms with van der Waals surface area (Å²) in [6.45, 7) is 0.304. The Balaban J connectivity index is 1.83. The molecule has 0 aliphatic carbocycles. The zero-order chi connectivity index (χ0) is 21.7. The number of hydrogen-bond donors (Lipinski definition) is 0. The lowest BCUT2D eigenvalue weighted by Gasteiger charge is -2.33. The summed E-state index contributed by atoms with van der Waals surface area (Å²) in [7, 11) is -2.95. The van der Waals surface area contributed by atoms with Crippen molar-refractivity contribution < 1.29 is 27.6 Å². The number of methoxy groups -OCH3 is 1. The maximum atomic E-state index is 13.0. The number of nitro groups is 1. The van der Waals surface area contributed by atoms with Crippen molar-refractivity contribution in [1.82, 2.24) is 4.31 Å². The summed E-state index contributed by atoms with van der Waals surface area (Å²) >= 11 is 0. The topological polar surface area (TPSA) is 116 Å². The van der Waals surface area contributed by atoms with E-state index in [-0.39, 0.29) is 17.0 Å². The minimum absolute atomic E-state index is 0.0716. The predicted molar refractivity (Wildman–Crippen MR) is 107 cm³/mol. The third-order valence-electron chi connectivity index (χ3n) is 4.61. The van der Waals surface area contributed by atoms with Crippen molar-refractivity contribution in [2.24, 2.45) is 0 Å². The highest BCUT2D eigenvalue weighted by Crippen LogP contribution is 2.28. The number of sulfonamides is 1. The normalized spacial score (nSPS) is 18.8. The molecule has 9 nitrogen and oxygen atoms in total. The molecule has 2 atom stereocenters. The zero-order valence-electron chi connectivity index (χ0n) is 16.1. The molecule has 158 valence electrons. The van der Waals surface area contributed by atoms with E-state index >= 15 is 0 Å². The van der Waals surface area contributed by atoms with Crippen molar-refractivity contribution in [3.8, 4) is 0 Å². The molecule has 0 bridgehead atoms. The molecule has 0 N–H and O–H groups in total. The Kier molecular flexibility index (Phi) is 6.48. The van der Waals surface area contributed by atoms with Gasteiger partial charge in [0.1, 0.15) is 6.04 Å². The number of carbonyl (C=O) groups is 1. The first kappa shape index (κ1) is 21.5. The highest BCUT2D eigenvalue weighted by atomic mass is 32.2. The Hall–Kier alpha value is -3.24. The standard InChI is InChI=1S/C20H20N2O7S/c1-28-20(23)19-13-17(29-14-15-5-3-2-4-6-15)11-12-21(19)30(26,27)18-9-7-16(8-10-18)22(24)25/h2-12,17,19H,13-14H2,1H3/t17-,19+/m1/s1. The van der Waals surface area contributed by atoms with Gasteiger partial charge in [-0.05, 0) is 23.8 Å². The summed E-state index contributed by atoms with van der Waals surface area (Å²) in [6.07, 6.45) is 2.42. The van der Waals surface area contributed by atoms with Crippen LogP contribution in [0.25, 0.3) is 0 Å². The van der Waals surface area contributed by atoms with Crippen molar-refractivity contribution in [2.45, 2.75) is 30.1 Å². The lowest BCUT2D eigenvalue weighted by atomic mass is 10.1. The fourth-order valence-electron chi connectivity index (χ4n) is 3.03. The number of hydrogen-bond acceptors (Lipinski definition) is 7. The molecule has 0 saturated carbocycles. The first-order chi connectivity index (χ1) is 14.3. The van der Waals surface area contributed by atoms with Gasteiger partial charge in [0.15, 0.2) is 0 Å². The summed E-state index contributed by atoms with van der Waals surface area (Å²) in [4.78, 5) is 22.3. The number of esters is 1. The Morgan fingerprint density at radius 2 is 1.83 bits per heavy atom. The van der Waals surface area contributed by atoms with E-state index in [4.69, 9.17) is 9.47 Å². The van der Waals surface area contributed by atoms with Crippen LogP contribution in [0.15, 0.2) is 71.8 Å². The molecule has 3 rings (SSSR count). The van der Waals surface area contributed by atoms with Crippen molar-refractivity contribution in [1.29, 1.82) is 0 Å². The average Bonchev–Trinajstić information content (AvgIpc) is 2.77. The summed E-state index contributed by atoms with van der Waals surface area (Å²) in [5, 5.41) is 10.8. The first-order valence-corrected chi connectivity index (χ1v) is 10.5. The lowest BCUT2D eigenvalue weighted by molar-refractivity contribution is -0.384. The van der Waals surface area contributed by atoms with Gasteiger partial charge in [-0.25, -0.2) is 13.2 Å². The molecule has 30 heavy (non-hydrogen) atoms. The molecule has 0 unspecified atom stereocenters. The Morgan fingerprint density at radius 1 is 1.17 bits per heavy atom. The molecule has 0 amide bonds. The van der Waals surface area contributed by atoms with Gasteiger partial charge in [0, 0.05) is 24.8 Å². The molecule has 1 aliphatic rings. The predicted octanol–water partition coefficient (Wildman–Crippen LogP) is 2.63. The largest absolute Gasteiger partial charge is 0.467 e. The summed E-state index contributed by atoms with van der Waals surface area (Å²) in [5.74, 6) is -0.724. The SMILES string of the molecule is COC(=O)[C@@H]1C[C@H](OCc2ccccc2)C=CN1S(=O)(=O)c1ccc([N+](=O)[O-])cc1. The summed E-state index contributed by atoms with van der Waals surface area (Å²) < 4.78 is 37.6. The number of nitro benzene ring substituents is 1. The second-order valence-corrected chi connectivity index (χ2v) is 8.38. The maximum Gasteiger partial charge on any atom is 0.329 e. The quantitative estimate of drug-likeness (QED) is 0.375. The number of carbonyl (C=O) groups excluding carboxylic acids is 1. The van der Waals surface area contributed by atoms with Gasteiger partial charge in [-0.1, -0.05) is 30.3 Å². The van der Waals surface area contributed by atoms with E-state index < -0.39 is 33.1 Å². The third-order valence-corrected chi connectivity index (χ3v) is 6.41. The monoisotopic (exact) mass is 432 g/mol. The van der Waals surface area contributed by atoms with Gasteiger partial charge in [-0.3, -0.25) is 14.4 Å². The van der Waals surface area contributed by atoms with Crippen molar-refractivity contribution in [3.05, 3.63) is 82.6 Å². The highest BCUT2D eigenvalue weighted by molar-refractivity contribution is 7.89. The Bertz CT molecular complexity index is 1040. The fraction of sp³-hybridized carbons (Fsp3) is 0.250. The van der Waals surface area contributed by atoms with Crippen molar-refractivity contribution in [2.75, 3.05) is 7.11 Å². The Labute approximate surface area is 173 Å². The highest BCUT2D eigenvalue weighted by Gasteiger charge is 2.38. The van der Waals surface area contributed by atoms with Gasteiger partial charge in [-0.15, -0.1) is 0 Å². The van der Waals surface area contributed by atoms with Crippen LogP contribution in [0.1, 0.15) is 12.0 Å². The average molecular weight is 432 g/mol. The van der Waals surface area contributed by atoms with E-state index in [2.05, 4.69) is 0 Å². The van der Waals surface area contributed by atoms with Gasteiger partial charge >= 0.3 is 5.97 Å². The Morgan fingerprint density at radius 3 is 2.43 bits per heavy atom. The van der Waals surface area contributed by atoms with Gasteiger partial charge in [0.2, 0.25) is 0 Å². The van der Waals surface area contributed by atoms with Gasteiger partial charge in [0.25, 0.3) is 15.7 Å². The molecular formula is C20H20N2O7S. The lowest BCUT2D eigenvalue weighted by Crippen LogP contribution is -2.46. The molecule has 10 heteroatoms. The van der Waals surface area contributed by atoms with Crippen molar-refractivity contribution in [3.63, 3.8) is 0 Å². The van der Waals surface area contributed by atoms with Crippen LogP contribution in [0.4, 0.5) is 5.69 Å². The van der Waals surface area contributed by atoms with Crippen LogP contribution in [0, 0.1) is 10.1 Å². The molecule has 0 fully saturated rings. The van der Waals surface area contributed by atoms with Crippen LogP contribution >= 0.6 is 0 Å². The molecule has 1 aliphatic heterocycles. The van der Waals surface area contributed by atoms with Crippen LogP contribution < -0.4 is 0 Å². The first-order valence-electron chi connectivity index (χ1n) is 9.02. The van der Waals surface area contributed by atoms with Gasteiger partial charge in [-0.2, -0.15) is 0 Å². The zero-order valence-corrected chi connectivity index (χ0v) is 16.9. The van der Waals surface area contributed by atoms with E-state index in [1.807, 2.05) is 30.3 Å². The molecule has 2 aromatic carbocycles. The van der Waals surface area contributed by atoms with E-state index in [0.29, 0.717) is 6.61 Å². The van der Waals surface area contributed by atoms with Crippen LogP contribution in [0.5, 0.6) is 0 Å². The number of nitrogens with zero attached hydrogens (tertiary/aromatic N) is 2. The van der Waals surface area contributed by atoms with Crippen LogP contribution in [-0.2, 0) is 30.9 Å². The van der Waals surface area contributed by atoms with Gasteiger partial charge < -0.3 is 9.47 Å². The minimum Gasteiger partial charge on any atom is -0.467 e. The number of benzene rings is 2. The second-order valence-electron chi connectivity index (χ2n) is 6.54. The molecule has 2 aromatic rings. The third kappa shape index (κ3) is 4.66. The fourth-order valence-corrected chi connectivity index (χ4v) is 4.49. The van der Waals surface area contributed by atoms with E-state index in [0.717, 1.165) is 34.1 Å². The number of non-ortho nitro benzene ring substituents is 1. The molecular weight excluding hydrogens is 412 g/mol. The molecule has 0 radical (unpaired) electrons. The van der Waals surface area contributed by atoms with E-state index in [9.17, 15) is 23.3 Å². The second kappa shape index (κ2) is 9.06. The minimum atomic E-state index is -4.13. The van der Waals surface area contributed by atoms with Crippen LogP contribution in [0.3, 0.4) is 0 Å². The molecule has 0 saturated heterocycles. The maximum absolute atomic E-state index is 13.0. The molecule has 0 aromatic heterocycles. The van der Waals surface area contributed by atoms with Crippen molar-refractivity contribution >= 4 is 21.7 Å². The summed E-state index contributed by atoms with van der Waals surface area (Å²) in [6, 6.07) is 12.8. The summed E-state index contributed by atoms with van der Waals surface area (Å²) in [5.41, 5.74) is 0.712. The van der Waals surface area contributed by atoms with E-state index in [1.54, 1.807) is 6.08 Å². The van der Waals surface area contributed by atoms with Gasteiger partial charge in [0.05, 0.1) is 29.6 Å². The van der Waals surface area contributed by atoms with Crippen LogP contribution in [0.2, 0.25) is 0 Å².